The number of aliphatic hydroxyl groups is 1. The van der Waals surface area contributed by atoms with Crippen LogP contribution in [0.1, 0.15) is 0 Å². The van der Waals surface area contributed by atoms with E-state index in [1.807, 2.05) is 0 Å². The van der Waals surface area contributed by atoms with Gasteiger partial charge in [-0.1, -0.05) is 0 Å². The van der Waals surface area contributed by atoms with E-state index in [4.69, 9.17) is 5.11 Å². The summed E-state index contributed by atoms with van der Waals surface area (Å²) >= 11 is 0. The molecular formula is C13H3F25O. The first-order valence-corrected chi connectivity index (χ1v) is 8.14. The van der Waals surface area contributed by atoms with Crippen molar-refractivity contribution >= 4 is 0 Å². The molecule has 0 aromatic carbocycles. The number of halogens is 25. The Hall–Kier alpha value is -1.79. The van der Waals surface area contributed by atoms with E-state index in [2.05, 4.69) is 0 Å². The van der Waals surface area contributed by atoms with Crippen molar-refractivity contribution in [2.45, 2.75) is 71.3 Å². The third-order valence-corrected chi connectivity index (χ3v) is 4.56. The molecule has 0 heterocycles. The zero-order valence-corrected chi connectivity index (χ0v) is 16.6. The Kier molecular flexibility index (Phi) is 8.45. The highest BCUT2D eigenvalue weighted by molar-refractivity contribution is 5.19. The molecule has 0 aliphatic rings. The highest BCUT2D eigenvalue weighted by atomic mass is 19.4. The van der Waals surface area contributed by atoms with Gasteiger partial charge < -0.3 is 5.11 Å². The van der Waals surface area contributed by atoms with E-state index in [0.29, 0.717) is 0 Å². The van der Waals surface area contributed by atoms with Crippen LogP contribution in [0.25, 0.3) is 0 Å². The minimum Gasteiger partial charge on any atom is -0.390 e. The van der Waals surface area contributed by atoms with Gasteiger partial charge in [0.1, 0.15) is 6.61 Å². The normalized spacial score (nSPS) is 17.1. The van der Waals surface area contributed by atoms with Crippen molar-refractivity contribution in [1.82, 2.24) is 0 Å². The highest BCUT2D eigenvalue weighted by Crippen LogP contribution is 2.67. The number of rotatable bonds is 11. The van der Waals surface area contributed by atoms with Crippen molar-refractivity contribution in [2.24, 2.45) is 0 Å². The fourth-order valence-corrected chi connectivity index (χ4v) is 2.08. The lowest BCUT2D eigenvalue weighted by Crippen LogP contribution is -2.78. The summed E-state index contributed by atoms with van der Waals surface area (Å²) in [5.74, 6) is -98.8. The van der Waals surface area contributed by atoms with Crippen LogP contribution in [0.15, 0.2) is 0 Å². The Bertz CT molecular complexity index is 892. The standard InChI is InChI=1S/C13H3F25O/c14-2(15,1-39)3(16,17)4(18,19)5(20,21)6(22,23)7(24,25)8(26,27)9(28,29)10(30,31)11(32,33)12(34,35)13(36,37)38/h39H,1H2. The van der Waals surface area contributed by atoms with Gasteiger partial charge in [-0.15, -0.1) is 0 Å². The van der Waals surface area contributed by atoms with Crippen LogP contribution < -0.4 is 0 Å². The fourth-order valence-electron chi connectivity index (χ4n) is 2.08. The lowest BCUT2D eigenvalue weighted by Gasteiger charge is -2.45. The second-order valence-electron chi connectivity index (χ2n) is 7.10. The molecule has 0 fully saturated rings. The summed E-state index contributed by atoms with van der Waals surface area (Å²) in [7, 11) is 0. The predicted molar refractivity (Wildman–Crippen MR) is 67.6 cm³/mol. The molecule has 0 saturated carbocycles. The first-order chi connectivity index (χ1) is 16.3. The van der Waals surface area contributed by atoms with Gasteiger partial charge in [0.05, 0.1) is 0 Å². The van der Waals surface area contributed by atoms with Crippen LogP contribution in [0.5, 0.6) is 0 Å². The number of hydrogen-bond donors (Lipinski definition) is 1. The van der Waals surface area contributed by atoms with Crippen molar-refractivity contribution in [3.8, 4) is 0 Å². The molecule has 1 nitrogen and oxygen atoms in total. The van der Waals surface area contributed by atoms with Gasteiger partial charge in [0.2, 0.25) is 0 Å². The van der Waals surface area contributed by atoms with Gasteiger partial charge in [0.15, 0.2) is 0 Å². The van der Waals surface area contributed by atoms with Crippen molar-refractivity contribution in [1.29, 1.82) is 0 Å². The molecule has 0 saturated heterocycles. The van der Waals surface area contributed by atoms with Crippen LogP contribution in [0, 0.1) is 0 Å². The van der Waals surface area contributed by atoms with Crippen molar-refractivity contribution < 1.29 is 115 Å². The Morgan fingerprint density at radius 2 is 0.410 bits per heavy atom. The van der Waals surface area contributed by atoms with E-state index in [9.17, 15) is 110 Å². The lowest BCUT2D eigenvalue weighted by atomic mass is 9.84. The van der Waals surface area contributed by atoms with Gasteiger partial charge in [0, 0.05) is 0 Å². The molecule has 0 unspecified atom stereocenters. The molecule has 0 aliphatic heterocycles. The molecule has 39 heavy (non-hydrogen) atoms. The molecule has 0 amide bonds. The monoisotopic (exact) mass is 650 g/mol. The van der Waals surface area contributed by atoms with Gasteiger partial charge in [-0.2, -0.15) is 110 Å². The Labute approximate surface area is 194 Å². The average molecular weight is 650 g/mol. The summed E-state index contributed by atoms with van der Waals surface area (Å²) in [5, 5.41) is 7.79. The quantitative estimate of drug-likeness (QED) is 0.230. The van der Waals surface area contributed by atoms with Crippen LogP contribution in [-0.4, -0.2) is 83.0 Å². The molecule has 0 radical (unpaired) electrons. The Morgan fingerprint density at radius 3 is 0.564 bits per heavy atom. The molecule has 0 aromatic heterocycles. The molecule has 26 heteroatoms. The van der Waals surface area contributed by atoms with Crippen molar-refractivity contribution in [3.05, 3.63) is 0 Å². The molecule has 236 valence electrons. The molecule has 0 spiro atoms. The third-order valence-electron chi connectivity index (χ3n) is 4.56. The van der Waals surface area contributed by atoms with Crippen LogP contribution >= 0.6 is 0 Å². The van der Waals surface area contributed by atoms with E-state index in [1.165, 1.54) is 0 Å². The topological polar surface area (TPSA) is 20.2 Å². The average Bonchev–Trinajstić information content (AvgIpc) is 2.71. The second-order valence-corrected chi connectivity index (χ2v) is 7.10. The summed E-state index contributed by atoms with van der Waals surface area (Å²) in [4.78, 5) is 0. The van der Waals surface area contributed by atoms with Crippen LogP contribution in [-0.2, 0) is 0 Å². The first-order valence-electron chi connectivity index (χ1n) is 8.14. The minimum atomic E-state index is -9.60. The molecule has 0 aromatic rings. The second kappa shape index (κ2) is 8.85. The summed E-state index contributed by atoms with van der Waals surface area (Å²) in [6.07, 6.45) is -8.17. The molecule has 0 aliphatic carbocycles. The molecule has 0 rings (SSSR count). The van der Waals surface area contributed by atoms with Gasteiger partial charge in [-0.05, 0) is 0 Å². The van der Waals surface area contributed by atoms with Crippen LogP contribution in [0.4, 0.5) is 110 Å². The zero-order valence-electron chi connectivity index (χ0n) is 16.6. The van der Waals surface area contributed by atoms with Crippen LogP contribution in [0.3, 0.4) is 0 Å². The predicted octanol–water partition coefficient (Wildman–Crippen LogP) is 7.53. The molecule has 1 N–H and O–H groups in total. The van der Waals surface area contributed by atoms with Gasteiger partial charge in [-0.3, -0.25) is 0 Å². The minimum absolute atomic E-state index is 3.75. The van der Waals surface area contributed by atoms with E-state index in [-0.39, 0.29) is 0 Å². The van der Waals surface area contributed by atoms with Gasteiger partial charge in [-0.25, -0.2) is 0 Å². The van der Waals surface area contributed by atoms with E-state index in [0.717, 1.165) is 0 Å². The summed E-state index contributed by atoms with van der Waals surface area (Å²) in [6.45, 7) is -3.75. The van der Waals surface area contributed by atoms with Gasteiger partial charge in [0.25, 0.3) is 0 Å². The number of hydrogen-bond acceptors (Lipinski definition) is 1. The number of aliphatic hydroxyl groups excluding tert-OH is 1. The first kappa shape index (κ1) is 37.2. The van der Waals surface area contributed by atoms with E-state index in [1.54, 1.807) is 0 Å². The van der Waals surface area contributed by atoms with Gasteiger partial charge >= 0.3 is 71.3 Å². The highest BCUT2D eigenvalue weighted by Gasteiger charge is 2.99. The maximum atomic E-state index is 13.5. The summed E-state index contributed by atoms with van der Waals surface area (Å²) < 4.78 is 325. The Balaban J connectivity index is 7.31. The third kappa shape index (κ3) is 4.22. The summed E-state index contributed by atoms with van der Waals surface area (Å²) in [5.41, 5.74) is 0. The number of alkyl halides is 25. The van der Waals surface area contributed by atoms with E-state index >= 15 is 0 Å². The van der Waals surface area contributed by atoms with Crippen molar-refractivity contribution in [3.63, 3.8) is 0 Å². The largest absolute Gasteiger partial charge is 0.460 e. The smallest absolute Gasteiger partial charge is 0.390 e. The zero-order chi connectivity index (χ0) is 32.7. The fraction of sp³-hybridized carbons (Fsp3) is 1.00. The Morgan fingerprint density at radius 1 is 0.256 bits per heavy atom. The molecule has 0 bridgehead atoms. The summed E-state index contributed by atoms with van der Waals surface area (Å²) in [6, 6.07) is 0. The van der Waals surface area contributed by atoms with Crippen LogP contribution in [0.2, 0.25) is 0 Å². The SMILES string of the molecule is OCC(F)(F)C(F)(F)C(F)(F)C(F)(F)C(F)(F)C(F)(F)C(F)(F)C(F)(F)C(F)(F)C(F)(F)C(F)(F)C(F)(F)F. The lowest BCUT2D eigenvalue weighted by molar-refractivity contribution is -0.482. The maximum absolute atomic E-state index is 13.5. The molecular weight excluding hydrogens is 647 g/mol. The maximum Gasteiger partial charge on any atom is 0.460 e. The molecule has 0 atom stereocenters. The van der Waals surface area contributed by atoms with Crippen molar-refractivity contribution in [2.75, 3.05) is 6.61 Å². The van der Waals surface area contributed by atoms with E-state index < -0.39 is 77.9 Å².